The normalized spacial score (nSPS) is 14.6. The molecule has 3 nitrogen and oxygen atoms in total. The maximum Gasteiger partial charge on any atom is 0.231 e. The van der Waals surface area contributed by atoms with E-state index in [9.17, 15) is 4.79 Å². The lowest BCUT2D eigenvalue weighted by atomic mass is 10.0. The van der Waals surface area contributed by atoms with Gasteiger partial charge in [-0.3, -0.25) is 14.7 Å². The van der Waals surface area contributed by atoms with Crippen LogP contribution < -0.4 is 4.90 Å². The van der Waals surface area contributed by atoms with Crippen molar-refractivity contribution in [3.63, 3.8) is 0 Å². The predicted molar refractivity (Wildman–Crippen MR) is 66.1 cm³/mol. The molecule has 1 aromatic heterocycles. The van der Waals surface area contributed by atoms with Crippen molar-refractivity contribution in [2.75, 3.05) is 4.90 Å². The molecule has 3 rings (SSSR count). The average molecular weight is 224 g/mol. The summed E-state index contributed by atoms with van der Waals surface area (Å²) in [6, 6.07) is 11.8. The number of fused-ring (bicyclic) bond motifs is 1. The van der Waals surface area contributed by atoms with Crippen molar-refractivity contribution in [3.05, 3.63) is 54.4 Å². The number of amides is 1. The fourth-order valence-corrected chi connectivity index (χ4v) is 2.20. The van der Waals surface area contributed by atoms with E-state index in [0.29, 0.717) is 6.42 Å². The van der Waals surface area contributed by atoms with Gasteiger partial charge in [0.1, 0.15) is 0 Å². The van der Waals surface area contributed by atoms with Gasteiger partial charge in [-0.2, -0.15) is 0 Å². The van der Waals surface area contributed by atoms with E-state index in [-0.39, 0.29) is 5.91 Å². The van der Waals surface area contributed by atoms with Crippen LogP contribution in [0.15, 0.2) is 48.8 Å². The van der Waals surface area contributed by atoms with Gasteiger partial charge in [-0.05, 0) is 30.2 Å². The number of hydrogen-bond acceptors (Lipinski definition) is 2. The van der Waals surface area contributed by atoms with Crippen LogP contribution in [0.3, 0.4) is 0 Å². The maximum absolute atomic E-state index is 12.1. The van der Waals surface area contributed by atoms with Gasteiger partial charge >= 0.3 is 0 Å². The van der Waals surface area contributed by atoms with Crippen molar-refractivity contribution in [2.24, 2.45) is 0 Å². The van der Waals surface area contributed by atoms with Gasteiger partial charge in [0, 0.05) is 12.6 Å². The van der Waals surface area contributed by atoms with Crippen LogP contribution in [0.2, 0.25) is 0 Å². The fourth-order valence-electron chi connectivity index (χ4n) is 2.20. The molecule has 2 heterocycles. The van der Waals surface area contributed by atoms with Crippen molar-refractivity contribution in [3.8, 4) is 0 Å². The first kappa shape index (κ1) is 10.0. The lowest BCUT2D eigenvalue weighted by Crippen LogP contribution is -2.30. The van der Waals surface area contributed by atoms with E-state index in [1.165, 1.54) is 5.56 Å². The molecule has 0 N–H and O–H groups in total. The number of anilines is 2. The summed E-state index contributed by atoms with van der Waals surface area (Å²) in [7, 11) is 0. The van der Waals surface area contributed by atoms with E-state index < -0.39 is 0 Å². The number of aromatic nitrogens is 1. The van der Waals surface area contributed by atoms with Crippen molar-refractivity contribution in [1.82, 2.24) is 4.98 Å². The minimum Gasteiger partial charge on any atom is -0.279 e. The van der Waals surface area contributed by atoms with E-state index in [0.717, 1.165) is 17.8 Å². The zero-order valence-electron chi connectivity index (χ0n) is 9.34. The van der Waals surface area contributed by atoms with E-state index in [1.807, 2.05) is 30.3 Å². The molecule has 1 amide bonds. The highest BCUT2D eigenvalue weighted by Crippen LogP contribution is 2.33. The topological polar surface area (TPSA) is 33.2 Å². The lowest BCUT2D eigenvalue weighted by Gasteiger charge is -2.29. The smallest absolute Gasteiger partial charge is 0.231 e. The number of aryl methyl sites for hydroxylation is 1. The molecule has 1 aliphatic heterocycles. The molecule has 17 heavy (non-hydrogen) atoms. The third-order valence-electron chi connectivity index (χ3n) is 2.99. The standard InChI is InChI=1S/C14H12N2O/c17-14-8-7-11-4-1-2-6-13(11)16(14)12-5-3-9-15-10-12/h1-6,9-10H,7-8H2. The summed E-state index contributed by atoms with van der Waals surface area (Å²) in [5.41, 5.74) is 3.04. The molecule has 0 spiro atoms. The molecular formula is C14H12N2O. The number of benzene rings is 1. The number of carbonyl (C=O) groups is 1. The first-order valence-corrected chi connectivity index (χ1v) is 5.67. The van der Waals surface area contributed by atoms with Gasteiger partial charge in [-0.15, -0.1) is 0 Å². The Labute approximate surface area is 99.7 Å². The highest BCUT2D eigenvalue weighted by atomic mass is 16.2. The lowest BCUT2D eigenvalue weighted by molar-refractivity contribution is -0.118. The van der Waals surface area contributed by atoms with E-state index in [1.54, 1.807) is 17.3 Å². The van der Waals surface area contributed by atoms with Crippen molar-refractivity contribution in [2.45, 2.75) is 12.8 Å². The van der Waals surface area contributed by atoms with Crippen LogP contribution in [0.5, 0.6) is 0 Å². The van der Waals surface area contributed by atoms with E-state index in [2.05, 4.69) is 11.1 Å². The van der Waals surface area contributed by atoms with Gasteiger partial charge in [0.2, 0.25) is 5.91 Å². The monoisotopic (exact) mass is 224 g/mol. The summed E-state index contributed by atoms with van der Waals surface area (Å²) in [6.07, 6.45) is 4.82. The number of hydrogen-bond donors (Lipinski definition) is 0. The van der Waals surface area contributed by atoms with Gasteiger partial charge in [0.05, 0.1) is 17.6 Å². The van der Waals surface area contributed by atoms with Crippen LogP contribution in [0, 0.1) is 0 Å². The van der Waals surface area contributed by atoms with Crippen molar-refractivity contribution in [1.29, 1.82) is 0 Å². The zero-order chi connectivity index (χ0) is 11.7. The van der Waals surface area contributed by atoms with Gasteiger partial charge in [-0.25, -0.2) is 0 Å². The molecule has 0 saturated carbocycles. The first-order valence-electron chi connectivity index (χ1n) is 5.67. The molecule has 1 aromatic carbocycles. The van der Waals surface area contributed by atoms with Gasteiger partial charge in [0.15, 0.2) is 0 Å². The molecule has 2 aromatic rings. The van der Waals surface area contributed by atoms with Crippen LogP contribution in [0.1, 0.15) is 12.0 Å². The van der Waals surface area contributed by atoms with Gasteiger partial charge in [0.25, 0.3) is 0 Å². The Morgan fingerprint density at radius 1 is 1.06 bits per heavy atom. The molecule has 1 aliphatic rings. The molecule has 0 unspecified atom stereocenters. The highest BCUT2D eigenvalue weighted by molar-refractivity contribution is 6.02. The van der Waals surface area contributed by atoms with E-state index >= 15 is 0 Å². The molecule has 0 atom stereocenters. The molecular weight excluding hydrogens is 212 g/mol. The van der Waals surface area contributed by atoms with Crippen molar-refractivity contribution >= 4 is 17.3 Å². The zero-order valence-corrected chi connectivity index (χ0v) is 9.34. The number of nitrogens with zero attached hydrogens (tertiary/aromatic N) is 2. The Morgan fingerprint density at radius 3 is 2.76 bits per heavy atom. The third kappa shape index (κ3) is 1.69. The first-order chi connectivity index (χ1) is 8.36. The number of pyridine rings is 1. The molecule has 0 radical (unpaired) electrons. The number of para-hydroxylation sites is 1. The summed E-state index contributed by atoms with van der Waals surface area (Å²) in [5, 5.41) is 0. The Bertz CT molecular complexity index is 551. The summed E-state index contributed by atoms with van der Waals surface area (Å²) in [5.74, 6) is 0.136. The van der Waals surface area contributed by atoms with Crippen LogP contribution >= 0.6 is 0 Å². The fraction of sp³-hybridized carbons (Fsp3) is 0.143. The van der Waals surface area contributed by atoms with Crippen LogP contribution in [0.25, 0.3) is 0 Å². The number of carbonyl (C=O) groups excluding carboxylic acids is 1. The molecule has 0 saturated heterocycles. The Balaban J connectivity index is 2.13. The molecule has 0 aliphatic carbocycles. The summed E-state index contributed by atoms with van der Waals surface area (Å²) >= 11 is 0. The van der Waals surface area contributed by atoms with Crippen LogP contribution in [-0.2, 0) is 11.2 Å². The summed E-state index contributed by atoms with van der Waals surface area (Å²) in [6.45, 7) is 0. The SMILES string of the molecule is O=C1CCc2ccccc2N1c1cccnc1. The highest BCUT2D eigenvalue weighted by Gasteiger charge is 2.24. The third-order valence-corrected chi connectivity index (χ3v) is 2.99. The average Bonchev–Trinajstić information content (AvgIpc) is 2.39. The minimum absolute atomic E-state index is 0.136. The van der Waals surface area contributed by atoms with E-state index in [4.69, 9.17) is 0 Å². The van der Waals surface area contributed by atoms with Gasteiger partial charge < -0.3 is 0 Å². The Morgan fingerprint density at radius 2 is 1.94 bits per heavy atom. The Hall–Kier alpha value is -2.16. The summed E-state index contributed by atoms with van der Waals surface area (Å²) in [4.78, 5) is 17.9. The minimum atomic E-state index is 0.136. The largest absolute Gasteiger partial charge is 0.279 e. The second-order valence-corrected chi connectivity index (χ2v) is 4.07. The molecule has 0 bridgehead atoms. The van der Waals surface area contributed by atoms with Gasteiger partial charge in [-0.1, -0.05) is 18.2 Å². The van der Waals surface area contributed by atoms with Crippen molar-refractivity contribution < 1.29 is 4.79 Å². The predicted octanol–water partition coefficient (Wildman–Crippen LogP) is 2.69. The summed E-state index contributed by atoms with van der Waals surface area (Å²) < 4.78 is 0. The molecule has 84 valence electrons. The quantitative estimate of drug-likeness (QED) is 0.746. The number of rotatable bonds is 1. The molecule has 3 heteroatoms. The maximum atomic E-state index is 12.1. The van der Waals surface area contributed by atoms with Crippen LogP contribution in [0.4, 0.5) is 11.4 Å². The molecule has 0 fully saturated rings. The Kier molecular flexibility index (Phi) is 2.37. The second kappa shape index (κ2) is 4.01. The second-order valence-electron chi connectivity index (χ2n) is 4.07. The van der Waals surface area contributed by atoms with Crippen LogP contribution in [-0.4, -0.2) is 10.9 Å².